The molecule has 25 heavy (non-hydrogen) atoms. The number of imidazole rings is 1. The number of fused-ring (bicyclic) bond motifs is 1. The zero-order valence-corrected chi connectivity index (χ0v) is 14.2. The SMILES string of the molecule is O=C(CCc1nc2ccccc2[nH]1)N1CCC(c2ccncc2)CC1. The van der Waals surface area contributed by atoms with Crippen molar-refractivity contribution in [3.8, 4) is 0 Å². The molecule has 0 bridgehead atoms. The van der Waals surface area contributed by atoms with E-state index in [9.17, 15) is 4.79 Å². The number of carbonyl (C=O) groups excluding carboxylic acids is 1. The summed E-state index contributed by atoms with van der Waals surface area (Å²) in [6.07, 6.45) is 6.93. The summed E-state index contributed by atoms with van der Waals surface area (Å²) in [5.41, 5.74) is 3.33. The predicted octanol–water partition coefficient (Wildman–Crippen LogP) is 3.30. The van der Waals surface area contributed by atoms with E-state index >= 15 is 0 Å². The Morgan fingerprint density at radius 3 is 2.64 bits per heavy atom. The van der Waals surface area contributed by atoms with Crippen LogP contribution in [-0.2, 0) is 11.2 Å². The second kappa shape index (κ2) is 7.05. The van der Waals surface area contributed by atoms with Crippen molar-refractivity contribution in [3.63, 3.8) is 0 Å². The Bertz CT molecular complexity index is 817. The summed E-state index contributed by atoms with van der Waals surface area (Å²) in [5, 5.41) is 0. The highest BCUT2D eigenvalue weighted by Gasteiger charge is 2.23. The van der Waals surface area contributed by atoms with E-state index in [0.29, 0.717) is 18.8 Å². The Balaban J connectivity index is 1.30. The summed E-state index contributed by atoms with van der Waals surface area (Å²) >= 11 is 0. The van der Waals surface area contributed by atoms with Crippen molar-refractivity contribution in [1.82, 2.24) is 19.9 Å². The second-order valence-corrected chi connectivity index (χ2v) is 6.64. The average Bonchev–Trinajstić information content (AvgIpc) is 3.10. The van der Waals surface area contributed by atoms with Crippen LogP contribution in [0.2, 0.25) is 0 Å². The van der Waals surface area contributed by atoms with Crippen LogP contribution >= 0.6 is 0 Å². The standard InChI is InChI=1S/C20H22N4O/c25-20(6-5-19-22-17-3-1-2-4-18(17)23-19)24-13-9-16(10-14-24)15-7-11-21-12-8-15/h1-4,7-8,11-12,16H,5-6,9-10,13-14H2,(H,22,23). The second-order valence-electron chi connectivity index (χ2n) is 6.64. The van der Waals surface area contributed by atoms with Crippen LogP contribution in [0.5, 0.6) is 0 Å². The summed E-state index contributed by atoms with van der Waals surface area (Å²) in [7, 11) is 0. The number of rotatable bonds is 4. The van der Waals surface area contributed by atoms with E-state index in [-0.39, 0.29) is 5.91 Å². The minimum atomic E-state index is 0.230. The summed E-state index contributed by atoms with van der Waals surface area (Å²) in [6.45, 7) is 1.68. The zero-order valence-electron chi connectivity index (χ0n) is 14.2. The molecule has 1 aromatic carbocycles. The molecule has 0 unspecified atom stereocenters. The van der Waals surface area contributed by atoms with Gasteiger partial charge in [0, 0.05) is 38.3 Å². The van der Waals surface area contributed by atoms with Gasteiger partial charge in [0.25, 0.3) is 0 Å². The van der Waals surface area contributed by atoms with Gasteiger partial charge in [0.1, 0.15) is 5.82 Å². The van der Waals surface area contributed by atoms with Crippen LogP contribution < -0.4 is 0 Å². The highest BCUT2D eigenvalue weighted by atomic mass is 16.2. The zero-order chi connectivity index (χ0) is 17.1. The van der Waals surface area contributed by atoms with Gasteiger partial charge in [-0.25, -0.2) is 4.98 Å². The number of H-pyrrole nitrogens is 1. The molecule has 1 aliphatic heterocycles. The third-order valence-electron chi connectivity index (χ3n) is 5.04. The molecule has 0 aliphatic carbocycles. The Kier molecular flexibility index (Phi) is 4.46. The fourth-order valence-electron chi connectivity index (χ4n) is 3.61. The van der Waals surface area contributed by atoms with E-state index in [1.54, 1.807) is 0 Å². The molecule has 0 spiro atoms. The van der Waals surface area contributed by atoms with Crippen molar-refractivity contribution in [3.05, 3.63) is 60.2 Å². The molecule has 1 aliphatic rings. The van der Waals surface area contributed by atoms with Crippen molar-refractivity contribution in [2.75, 3.05) is 13.1 Å². The van der Waals surface area contributed by atoms with Crippen molar-refractivity contribution in [2.45, 2.75) is 31.6 Å². The molecule has 1 saturated heterocycles. The number of aromatic amines is 1. The van der Waals surface area contributed by atoms with Crippen LogP contribution in [0.1, 0.15) is 36.6 Å². The van der Waals surface area contributed by atoms with E-state index in [4.69, 9.17) is 0 Å². The molecule has 1 amide bonds. The number of hydrogen-bond acceptors (Lipinski definition) is 3. The predicted molar refractivity (Wildman–Crippen MR) is 97.2 cm³/mol. The molecule has 1 N–H and O–H groups in total. The number of benzene rings is 1. The first-order valence-corrected chi connectivity index (χ1v) is 8.91. The number of nitrogens with one attached hydrogen (secondary N) is 1. The molecule has 0 saturated carbocycles. The summed E-state index contributed by atoms with van der Waals surface area (Å²) in [6, 6.07) is 12.1. The van der Waals surface area contributed by atoms with Crippen molar-refractivity contribution in [2.24, 2.45) is 0 Å². The van der Waals surface area contributed by atoms with Gasteiger partial charge in [-0.2, -0.15) is 0 Å². The van der Waals surface area contributed by atoms with Crippen molar-refractivity contribution >= 4 is 16.9 Å². The summed E-state index contributed by atoms with van der Waals surface area (Å²) in [5.74, 6) is 1.66. The molecule has 2 aromatic heterocycles. The first-order valence-electron chi connectivity index (χ1n) is 8.91. The average molecular weight is 334 g/mol. The number of likely N-dealkylation sites (tertiary alicyclic amines) is 1. The van der Waals surface area contributed by atoms with E-state index in [2.05, 4.69) is 27.1 Å². The van der Waals surface area contributed by atoms with E-state index in [1.165, 1.54) is 5.56 Å². The van der Waals surface area contributed by atoms with Gasteiger partial charge in [-0.15, -0.1) is 0 Å². The Morgan fingerprint density at radius 2 is 1.88 bits per heavy atom. The molecule has 3 heterocycles. The number of nitrogens with zero attached hydrogens (tertiary/aromatic N) is 3. The normalized spacial score (nSPS) is 15.6. The molecule has 0 atom stereocenters. The Labute approximate surface area is 147 Å². The van der Waals surface area contributed by atoms with Crippen LogP contribution in [0.15, 0.2) is 48.8 Å². The smallest absolute Gasteiger partial charge is 0.223 e. The van der Waals surface area contributed by atoms with Crippen LogP contribution in [0.3, 0.4) is 0 Å². The highest BCUT2D eigenvalue weighted by molar-refractivity contribution is 5.77. The van der Waals surface area contributed by atoms with Gasteiger partial charge >= 0.3 is 0 Å². The number of amides is 1. The molecule has 3 aromatic rings. The van der Waals surface area contributed by atoms with Crippen LogP contribution in [0, 0.1) is 0 Å². The maximum atomic E-state index is 12.5. The number of aryl methyl sites for hydroxylation is 1. The van der Waals surface area contributed by atoms with Crippen molar-refractivity contribution in [1.29, 1.82) is 0 Å². The number of pyridine rings is 1. The maximum absolute atomic E-state index is 12.5. The Hall–Kier alpha value is -2.69. The maximum Gasteiger partial charge on any atom is 0.223 e. The first-order chi connectivity index (χ1) is 12.3. The number of piperidine rings is 1. The van der Waals surface area contributed by atoms with Gasteiger partial charge < -0.3 is 9.88 Å². The van der Waals surface area contributed by atoms with Gasteiger partial charge in [0.2, 0.25) is 5.91 Å². The third-order valence-corrected chi connectivity index (χ3v) is 5.04. The lowest BCUT2D eigenvalue weighted by atomic mass is 9.90. The molecule has 128 valence electrons. The van der Waals surface area contributed by atoms with Crippen molar-refractivity contribution < 1.29 is 4.79 Å². The summed E-state index contributed by atoms with van der Waals surface area (Å²) in [4.78, 5) is 26.4. The van der Waals surface area contributed by atoms with Crippen LogP contribution in [0.25, 0.3) is 11.0 Å². The lowest BCUT2D eigenvalue weighted by Gasteiger charge is -2.32. The van der Waals surface area contributed by atoms with Gasteiger partial charge in [-0.05, 0) is 48.6 Å². The fraction of sp³-hybridized carbons (Fsp3) is 0.350. The minimum Gasteiger partial charge on any atom is -0.343 e. The minimum absolute atomic E-state index is 0.230. The molecule has 1 fully saturated rings. The van der Waals surface area contributed by atoms with Gasteiger partial charge in [-0.3, -0.25) is 9.78 Å². The lowest BCUT2D eigenvalue weighted by Crippen LogP contribution is -2.38. The van der Waals surface area contributed by atoms with E-state index in [0.717, 1.165) is 42.8 Å². The molecular weight excluding hydrogens is 312 g/mol. The van der Waals surface area contributed by atoms with Gasteiger partial charge in [-0.1, -0.05) is 12.1 Å². The molecule has 4 rings (SSSR count). The number of carbonyl (C=O) groups is 1. The monoisotopic (exact) mass is 334 g/mol. The summed E-state index contributed by atoms with van der Waals surface area (Å²) < 4.78 is 0. The largest absolute Gasteiger partial charge is 0.343 e. The topological polar surface area (TPSA) is 61.9 Å². The van der Waals surface area contributed by atoms with E-state index < -0.39 is 0 Å². The molecular formula is C20H22N4O. The van der Waals surface area contributed by atoms with Crippen LogP contribution in [0.4, 0.5) is 0 Å². The number of para-hydroxylation sites is 2. The number of aromatic nitrogens is 3. The number of hydrogen-bond donors (Lipinski definition) is 1. The fourth-order valence-corrected chi connectivity index (χ4v) is 3.61. The molecule has 5 nitrogen and oxygen atoms in total. The third kappa shape index (κ3) is 3.55. The van der Waals surface area contributed by atoms with E-state index in [1.807, 2.05) is 41.6 Å². The van der Waals surface area contributed by atoms with Crippen LogP contribution in [-0.4, -0.2) is 38.8 Å². The van der Waals surface area contributed by atoms with Gasteiger partial charge in [0.15, 0.2) is 0 Å². The molecule has 0 radical (unpaired) electrons. The Morgan fingerprint density at radius 1 is 1.12 bits per heavy atom. The highest BCUT2D eigenvalue weighted by Crippen LogP contribution is 2.27. The first kappa shape index (κ1) is 15.8. The molecule has 5 heteroatoms. The quantitative estimate of drug-likeness (QED) is 0.796. The lowest BCUT2D eigenvalue weighted by molar-refractivity contribution is -0.132. The van der Waals surface area contributed by atoms with Gasteiger partial charge in [0.05, 0.1) is 11.0 Å².